The van der Waals surface area contributed by atoms with Crippen LogP contribution in [0.5, 0.6) is 11.8 Å². The molecule has 1 aromatic heterocycles. The first-order chi connectivity index (χ1) is 10.8. The van der Waals surface area contributed by atoms with Gasteiger partial charge in [-0.2, -0.15) is 0 Å². The second-order valence-electron chi connectivity index (χ2n) is 6.36. The van der Waals surface area contributed by atoms with E-state index in [1.54, 1.807) is 12.1 Å². The molecule has 23 heavy (non-hydrogen) atoms. The molecule has 6 heteroatoms. The van der Waals surface area contributed by atoms with Gasteiger partial charge in [-0.1, -0.05) is 45.0 Å². The number of benzene rings is 1. The van der Waals surface area contributed by atoms with Crippen LogP contribution in [-0.4, -0.2) is 29.7 Å². The van der Waals surface area contributed by atoms with Crippen molar-refractivity contribution >= 4 is 20.0 Å². The zero-order chi connectivity index (χ0) is 17.1. The van der Waals surface area contributed by atoms with Gasteiger partial charge in [0, 0.05) is 12.1 Å². The second kappa shape index (κ2) is 6.91. The summed E-state index contributed by atoms with van der Waals surface area (Å²) in [6, 6.07) is 9.94. The molecule has 0 spiro atoms. The highest BCUT2D eigenvalue weighted by Gasteiger charge is 2.22. The fourth-order valence-corrected chi connectivity index (χ4v) is 6.73. The van der Waals surface area contributed by atoms with Crippen LogP contribution in [0.1, 0.15) is 38.1 Å². The third kappa shape index (κ3) is 3.76. The smallest absolute Gasteiger partial charge is 0.363 e. The first-order valence-electron chi connectivity index (χ1n) is 7.73. The normalized spacial score (nSPS) is 11.4. The first kappa shape index (κ1) is 17.1. The Bertz CT molecular complexity index is 649. The van der Waals surface area contributed by atoms with Crippen molar-refractivity contribution in [2.45, 2.75) is 38.8 Å². The van der Waals surface area contributed by atoms with E-state index in [9.17, 15) is 15.0 Å². The Balaban J connectivity index is 2.17. The molecule has 2 N–H and O–H groups in total. The Kier molecular flexibility index (Phi) is 5.15. The monoisotopic (exact) mass is 333 g/mol. The van der Waals surface area contributed by atoms with Gasteiger partial charge >= 0.3 is 5.97 Å². The highest BCUT2D eigenvalue weighted by atomic mass is 28.3. The van der Waals surface area contributed by atoms with E-state index in [1.807, 2.05) is 12.1 Å². The van der Waals surface area contributed by atoms with Crippen LogP contribution in [-0.2, 0) is 0 Å². The molecule has 0 saturated carbocycles. The van der Waals surface area contributed by atoms with Crippen molar-refractivity contribution in [3.63, 3.8) is 0 Å². The molecule has 0 aliphatic carbocycles. The number of hydrogen-bond acceptors (Lipinski definition) is 4. The number of hydrogen-bond donors (Lipinski definition) is 2. The number of carbonyl (C=O) groups excluding carboxylic acids is 1. The van der Waals surface area contributed by atoms with Crippen molar-refractivity contribution in [3.05, 3.63) is 42.0 Å². The average Bonchev–Trinajstić information content (AvgIpc) is 2.79. The van der Waals surface area contributed by atoms with Crippen LogP contribution >= 0.6 is 0 Å². The van der Waals surface area contributed by atoms with Crippen molar-refractivity contribution in [2.24, 2.45) is 0 Å². The average molecular weight is 333 g/mol. The molecule has 0 aliphatic heterocycles. The lowest BCUT2D eigenvalue weighted by molar-refractivity contribution is 0.0382. The quantitative estimate of drug-likeness (QED) is 0.824. The van der Waals surface area contributed by atoms with Gasteiger partial charge in [0.15, 0.2) is 0 Å². The molecular weight excluding hydrogens is 310 g/mol. The summed E-state index contributed by atoms with van der Waals surface area (Å²) in [4.78, 5) is 17.1. The van der Waals surface area contributed by atoms with Gasteiger partial charge < -0.3 is 15.1 Å². The molecule has 1 heterocycles. The van der Waals surface area contributed by atoms with Gasteiger partial charge in [0.1, 0.15) is 0 Å². The van der Waals surface area contributed by atoms with Crippen molar-refractivity contribution in [1.29, 1.82) is 0 Å². The van der Waals surface area contributed by atoms with Gasteiger partial charge in [-0.15, -0.1) is 4.73 Å². The van der Waals surface area contributed by atoms with Crippen LogP contribution in [0.4, 0.5) is 0 Å². The SMILES string of the molecule is CC(C)[SiH](c1ccc(C(=O)On2c(O)ccc2O)cc1)C(C)C. The van der Waals surface area contributed by atoms with Crippen LogP contribution in [0.2, 0.25) is 11.1 Å². The van der Waals surface area contributed by atoms with Crippen LogP contribution in [0.15, 0.2) is 36.4 Å². The van der Waals surface area contributed by atoms with Gasteiger partial charge in [0.25, 0.3) is 0 Å². The van der Waals surface area contributed by atoms with E-state index in [2.05, 4.69) is 27.7 Å². The summed E-state index contributed by atoms with van der Waals surface area (Å²) in [5.74, 6) is -1.30. The lowest BCUT2D eigenvalue weighted by atomic mass is 10.2. The zero-order valence-electron chi connectivity index (χ0n) is 13.9. The van der Waals surface area contributed by atoms with Gasteiger partial charge in [0.2, 0.25) is 11.8 Å². The van der Waals surface area contributed by atoms with E-state index >= 15 is 0 Å². The van der Waals surface area contributed by atoms with E-state index < -0.39 is 14.8 Å². The molecule has 0 atom stereocenters. The first-order valence-corrected chi connectivity index (χ1v) is 9.64. The van der Waals surface area contributed by atoms with Gasteiger partial charge in [-0.25, -0.2) is 4.79 Å². The number of aromatic nitrogens is 1. The minimum absolute atomic E-state index is 0.334. The molecular formula is C17H23NO4Si. The Morgan fingerprint density at radius 1 is 0.957 bits per heavy atom. The lowest BCUT2D eigenvalue weighted by Crippen LogP contribution is -2.36. The summed E-state index contributed by atoms with van der Waals surface area (Å²) in [7, 11) is -1.10. The third-order valence-corrected chi connectivity index (χ3v) is 7.97. The predicted octanol–water partition coefficient (Wildman–Crippen LogP) is 2.42. The molecule has 2 aromatic rings. The molecule has 0 amide bonds. The molecule has 5 nitrogen and oxygen atoms in total. The van der Waals surface area contributed by atoms with Crippen molar-refractivity contribution in [2.75, 3.05) is 0 Å². The zero-order valence-corrected chi connectivity index (χ0v) is 15.0. The summed E-state index contributed by atoms with van der Waals surface area (Å²) in [5.41, 5.74) is 1.66. The minimum atomic E-state index is -1.10. The Morgan fingerprint density at radius 2 is 1.43 bits per heavy atom. The molecule has 0 bridgehead atoms. The van der Waals surface area contributed by atoms with Crippen LogP contribution in [0.3, 0.4) is 0 Å². The fourth-order valence-electron chi connectivity index (χ4n) is 3.01. The predicted molar refractivity (Wildman–Crippen MR) is 92.1 cm³/mol. The van der Waals surface area contributed by atoms with Crippen LogP contribution in [0, 0.1) is 0 Å². The van der Waals surface area contributed by atoms with E-state index in [0.29, 0.717) is 21.4 Å². The number of rotatable bonds is 5. The molecule has 124 valence electrons. The minimum Gasteiger partial charge on any atom is -0.492 e. The molecule has 0 saturated heterocycles. The Labute approximate surface area is 137 Å². The summed E-state index contributed by atoms with van der Waals surface area (Å²) < 4.78 is 0.691. The van der Waals surface area contributed by atoms with Crippen molar-refractivity contribution in [3.8, 4) is 11.8 Å². The number of aromatic hydroxyl groups is 2. The van der Waals surface area contributed by atoms with Gasteiger partial charge in [-0.05, 0) is 23.2 Å². The van der Waals surface area contributed by atoms with Crippen molar-refractivity contribution < 1.29 is 19.8 Å². The molecule has 0 radical (unpaired) electrons. The fraction of sp³-hybridized carbons (Fsp3) is 0.353. The highest BCUT2D eigenvalue weighted by Crippen LogP contribution is 2.21. The summed E-state index contributed by atoms with van der Waals surface area (Å²) in [5, 5.41) is 20.3. The maximum absolute atomic E-state index is 12.1. The van der Waals surface area contributed by atoms with Crippen LogP contribution in [0.25, 0.3) is 0 Å². The van der Waals surface area contributed by atoms with E-state index in [1.165, 1.54) is 17.3 Å². The standard InChI is InChI=1S/C17H23NO4Si/c1-11(2)23(12(3)4)14-7-5-13(6-8-14)17(21)22-18-15(19)9-10-16(18)20/h5-12,19-20,23H,1-4H3. The topological polar surface area (TPSA) is 71.7 Å². The van der Waals surface area contributed by atoms with Crippen LogP contribution < -0.4 is 10.0 Å². The maximum atomic E-state index is 12.1. The van der Waals surface area contributed by atoms with Gasteiger partial charge in [-0.3, -0.25) is 0 Å². The highest BCUT2D eigenvalue weighted by molar-refractivity contribution is 6.75. The van der Waals surface area contributed by atoms with E-state index in [-0.39, 0.29) is 11.8 Å². The Hall–Kier alpha value is -2.21. The molecule has 1 aromatic carbocycles. The number of carbonyl (C=O) groups is 1. The largest absolute Gasteiger partial charge is 0.492 e. The maximum Gasteiger partial charge on any atom is 0.363 e. The molecule has 0 unspecified atom stereocenters. The second-order valence-corrected chi connectivity index (χ2v) is 10.7. The number of nitrogens with zero attached hydrogens (tertiary/aromatic N) is 1. The summed E-state index contributed by atoms with van der Waals surface area (Å²) in [6.07, 6.45) is 0. The third-order valence-electron chi connectivity index (χ3n) is 3.94. The Morgan fingerprint density at radius 3 is 1.87 bits per heavy atom. The lowest BCUT2D eigenvalue weighted by Gasteiger charge is -2.23. The molecule has 2 rings (SSSR count). The van der Waals surface area contributed by atoms with E-state index in [0.717, 1.165) is 0 Å². The summed E-state index contributed by atoms with van der Waals surface area (Å²) in [6.45, 7) is 8.99. The summed E-state index contributed by atoms with van der Waals surface area (Å²) >= 11 is 0. The van der Waals surface area contributed by atoms with Gasteiger partial charge in [0.05, 0.1) is 14.4 Å². The van der Waals surface area contributed by atoms with Crippen molar-refractivity contribution in [1.82, 2.24) is 4.73 Å². The molecule has 0 fully saturated rings. The molecule has 0 aliphatic rings. The van der Waals surface area contributed by atoms with E-state index in [4.69, 9.17) is 4.84 Å².